The van der Waals surface area contributed by atoms with Crippen LogP contribution in [0.25, 0.3) is 10.8 Å². The Morgan fingerprint density at radius 1 is 1.21 bits per heavy atom. The van der Waals surface area contributed by atoms with E-state index in [9.17, 15) is 36.5 Å². The zero-order chi connectivity index (χ0) is 35.4. The molecule has 2 heterocycles. The molecule has 3 aromatic carbocycles. The van der Waals surface area contributed by atoms with Gasteiger partial charge in [0, 0.05) is 36.3 Å². The van der Waals surface area contributed by atoms with Crippen LogP contribution in [0.1, 0.15) is 12.0 Å². The Balaban J connectivity index is 0.000000671. The van der Waals surface area contributed by atoms with Crippen molar-refractivity contribution in [3.63, 3.8) is 0 Å². The number of rotatable bonds is 9. The van der Waals surface area contributed by atoms with Crippen LogP contribution >= 0.6 is 11.6 Å². The molecule has 19 heteroatoms. The number of pyridine rings is 1. The zero-order valence-corrected chi connectivity index (χ0v) is 26.2. The van der Waals surface area contributed by atoms with E-state index in [0.717, 1.165) is 10.8 Å². The molecule has 1 aliphatic heterocycles. The van der Waals surface area contributed by atoms with Gasteiger partial charge in [0.2, 0.25) is 21.7 Å². The minimum atomic E-state index is -5.08. The SMILES string of the molecule is COc1cc2ccnc(N)c2cc1CN1CC[C@H](NS(=O)(=O)c2ccc(Oc3c(Cl)cccc3[N+](=O)[O-])cc2)C1=O.O=C(O)C(F)(F)F. The predicted molar refractivity (Wildman–Crippen MR) is 165 cm³/mol. The molecular weight excluding hydrogens is 687 g/mol. The van der Waals surface area contributed by atoms with Gasteiger partial charge in [0.25, 0.3) is 0 Å². The van der Waals surface area contributed by atoms with E-state index >= 15 is 0 Å². The molecule has 0 saturated carbocycles. The number of hydrogen-bond acceptors (Lipinski definition) is 10. The number of aliphatic carboxylic acids is 1. The Hall–Kier alpha value is -5.20. The molecule has 4 aromatic rings. The van der Waals surface area contributed by atoms with E-state index in [2.05, 4.69) is 9.71 Å². The van der Waals surface area contributed by atoms with Crippen molar-refractivity contribution in [2.45, 2.75) is 30.1 Å². The van der Waals surface area contributed by atoms with Gasteiger partial charge >= 0.3 is 17.8 Å². The Morgan fingerprint density at radius 2 is 1.88 bits per heavy atom. The third-order valence-electron chi connectivity index (χ3n) is 6.89. The highest BCUT2D eigenvalue weighted by Gasteiger charge is 2.38. The summed E-state index contributed by atoms with van der Waals surface area (Å²) in [4.78, 5) is 38.3. The number of carboxylic acid groups (broad SMARTS) is 1. The van der Waals surface area contributed by atoms with Crippen molar-refractivity contribution >= 4 is 55.8 Å². The molecule has 0 unspecified atom stereocenters. The molecule has 0 spiro atoms. The highest BCUT2D eigenvalue weighted by atomic mass is 35.5. The monoisotopic (exact) mass is 711 g/mol. The predicted octanol–water partition coefficient (Wildman–Crippen LogP) is 4.89. The number of carbonyl (C=O) groups excluding carboxylic acids is 1. The molecule has 48 heavy (non-hydrogen) atoms. The lowest BCUT2D eigenvalue weighted by molar-refractivity contribution is -0.385. The Bertz CT molecular complexity index is 1980. The highest BCUT2D eigenvalue weighted by Crippen LogP contribution is 2.38. The lowest BCUT2D eigenvalue weighted by Crippen LogP contribution is -2.41. The molecule has 1 atom stereocenters. The molecule has 1 aliphatic rings. The first-order valence-corrected chi connectivity index (χ1v) is 15.4. The van der Waals surface area contributed by atoms with Crippen molar-refractivity contribution < 1.29 is 50.7 Å². The maximum absolute atomic E-state index is 13.2. The average molecular weight is 712 g/mol. The van der Waals surface area contributed by atoms with Crippen LogP contribution in [0.3, 0.4) is 0 Å². The number of halogens is 4. The number of fused-ring (bicyclic) bond motifs is 1. The summed E-state index contributed by atoms with van der Waals surface area (Å²) in [6.07, 6.45) is -3.21. The number of hydrogen-bond donors (Lipinski definition) is 3. The second kappa shape index (κ2) is 14.3. The fraction of sp³-hybridized carbons (Fsp3) is 0.207. The minimum Gasteiger partial charge on any atom is -0.496 e. The summed E-state index contributed by atoms with van der Waals surface area (Å²) >= 11 is 6.06. The van der Waals surface area contributed by atoms with Gasteiger partial charge < -0.3 is 25.2 Å². The maximum atomic E-state index is 13.2. The van der Waals surface area contributed by atoms with E-state index in [1.807, 2.05) is 18.2 Å². The van der Waals surface area contributed by atoms with Crippen molar-refractivity contribution in [1.29, 1.82) is 0 Å². The van der Waals surface area contributed by atoms with Crippen LogP contribution in [0, 0.1) is 10.1 Å². The molecule has 254 valence electrons. The van der Waals surface area contributed by atoms with Crippen molar-refractivity contribution in [2.24, 2.45) is 0 Å². The number of sulfonamides is 1. The number of nitro benzene ring substituents is 1. The maximum Gasteiger partial charge on any atom is 0.490 e. The number of nitrogen functional groups attached to an aromatic ring is 1. The Kier molecular flexibility index (Phi) is 10.6. The van der Waals surface area contributed by atoms with Gasteiger partial charge in [0.05, 0.1) is 22.0 Å². The van der Waals surface area contributed by atoms with E-state index in [1.165, 1.54) is 49.6 Å². The third kappa shape index (κ3) is 8.20. The Morgan fingerprint density at radius 3 is 2.48 bits per heavy atom. The number of methoxy groups -OCH3 is 1. The van der Waals surface area contributed by atoms with Crippen molar-refractivity contribution in [3.8, 4) is 17.2 Å². The van der Waals surface area contributed by atoms with Crippen LogP contribution in [-0.2, 0) is 26.2 Å². The minimum absolute atomic E-state index is 0.0308. The summed E-state index contributed by atoms with van der Waals surface area (Å²) in [5, 5.41) is 20.0. The lowest BCUT2D eigenvalue weighted by Gasteiger charge is -2.19. The van der Waals surface area contributed by atoms with E-state index in [4.69, 9.17) is 36.7 Å². The summed E-state index contributed by atoms with van der Waals surface area (Å²) in [5.74, 6) is -2.22. The molecule has 1 fully saturated rings. The smallest absolute Gasteiger partial charge is 0.490 e. The van der Waals surface area contributed by atoms with Crippen LogP contribution < -0.4 is 19.9 Å². The zero-order valence-electron chi connectivity index (χ0n) is 24.6. The number of carboxylic acids is 1. The number of anilines is 1. The molecule has 14 nitrogen and oxygen atoms in total. The number of alkyl halides is 3. The summed E-state index contributed by atoms with van der Waals surface area (Å²) in [6, 6.07) is 13.8. The number of benzene rings is 3. The van der Waals surface area contributed by atoms with Gasteiger partial charge in [-0.25, -0.2) is 18.2 Å². The quantitative estimate of drug-likeness (QED) is 0.157. The van der Waals surface area contributed by atoms with Crippen LogP contribution in [0.2, 0.25) is 5.02 Å². The van der Waals surface area contributed by atoms with Crippen LogP contribution in [0.15, 0.2) is 71.8 Å². The van der Waals surface area contributed by atoms with Crippen LogP contribution in [0.4, 0.5) is 24.7 Å². The van der Waals surface area contributed by atoms with Gasteiger partial charge in [-0.05, 0) is 60.3 Å². The van der Waals surface area contributed by atoms with Gasteiger partial charge in [-0.3, -0.25) is 14.9 Å². The first-order chi connectivity index (χ1) is 22.5. The largest absolute Gasteiger partial charge is 0.496 e. The van der Waals surface area contributed by atoms with Gasteiger partial charge in [-0.2, -0.15) is 17.9 Å². The van der Waals surface area contributed by atoms with E-state index < -0.39 is 33.1 Å². The second-order valence-electron chi connectivity index (χ2n) is 10.0. The topological polar surface area (TPSA) is 204 Å². The molecule has 1 saturated heterocycles. The number of nitrogens with one attached hydrogen (secondary N) is 1. The molecule has 0 aliphatic carbocycles. The first-order valence-electron chi connectivity index (χ1n) is 13.5. The molecule has 1 amide bonds. The lowest BCUT2D eigenvalue weighted by atomic mass is 10.1. The Labute approximate surface area is 275 Å². The summed E-state index contributed by atoms with van der Waals surface area (Å²) < 4.78 is 71.5. The number of likely N-dealkylation sites (tertiary alicyclic amines) is 1. The number of nitro groups is 1. The molecule has 0 radical (unpaired) electrons. The number of ether oxygens (including phenoxy) is 2. The number of carbonyl (C=O) groups is 2. The van der Waals surface area contributed by atoms with Gasteiger partial charge in [-0.1, -0.05) is 17.7 Å². The molecular formula is C29H25ClF3N5O9S. The van der Waals surface area contributed by atoms with Crippen LogP contribution in [0.5, 0.6) is 17.2 Å². The van der Waals surface area contributed by atoms with E-state index in [-0.39, 0.29) is 46.0 Å². The van der Waals surface area contributed by atoms with E-state index in [1.54, 1.807) is 11.1 Å². The third-order valence-corrected chi connectivity index (χ3v) is 8.68. The molecule has 0 bridgehead atoms. The standard InChI is InChI=1S/C27H24ClN5O7S.C2HF3O2/c1-39-24-14-16-9-11-30-26(29)20(16)13-17(24)15-32-12-10-22(27(32)34)31-41(37,38)19-7-5-18(6-8-19)40-25-21(28)3-2-4-23(25)33(35)36;3-2(4,5)1(6)7/h2-9,11,13-14,22,31H,10,12,15H2,1H3,(H2,29,30);(H,6,7)/t22-;/m0./s1. The fourth-order valence-electron chi connectivity index (χ4n) is 4.59. The highest BCUT2D eigenvalue weighted by molar-refractivity contribution is 7.89. The number of nitrogens with two attached hydrogens (primary N) is 1. The average Bonchev–Trinajstić information content (AvgIpc) is 3.35. The first kappa shape index (κ1) is 35.7. The van der Waals surface area contributed by atoms with Gasteiger partial charge in [0.1, 0.15) is 23.4 Å². The second-order valence-corrected chi connectivity index (χ2v) is 12.1. The summed E-state index contributed by atoms with van der Waals surface area (Å²) in [5.41, 5.74) is 6.40. The fourth-order valence-corrected chi connectivity index (χ4v) is 6.03. The summed E-state index contributed by atoms with van der Waals surface area (Å²) in [7, 11) is -2.54. The number of amides is 1. The van der Waals surface area contributed by atoms with E-state index in [0.29, 0.717) is 23.7 Å². The van der Waals surface area contributed by atoms with Gasteiger partial charge in [0.15, 0.2) is 0 Å². The number of nitrogens with zero attached hydrogens (tertiary/aromatic N) is 3. The molecule has 5 rings (SSSR count). The van der Waals surface area contributed by atoms with Gasteiger partial charge in [-0.15, -0.1) is 0 Å². The van der Waals surface area contributed by atoms with Crippen LogP contribution in [-0.4, -0.2) is 66.1 Å². The summed E-state index contributed by atoms with van der Waals surface area (Å²) in [6.45, 7) is 0.532. The molecule has 1 aromatic heterocycles. The molecule has 4 N–H and O–H groups in total. The number of para-hydroxylation sites is 1. The number of aromatic nitrogens is 1. The van der Waals surface area contributed by atoms with Crippen molar-refractivity contribution in [3.05, 3.63) is 87.6 Å². The van der Waals surface area contributed by atoms with Crippen molar-refractivity contribution in [2.75, 3.05) is 19.4 Å². The normalized spacial score (nSPS) is 14.7. The van der Waals surface area contributed by atoms with Crippen molar-refractivity contribution in [1.82, 2.24) is 14.6 Å².